The molecule has 134 valence electrons. The normalized spacial score (nSPS) is 10.6. The van der Waals surface area contributed by atoms with E-state index in [0.29, 0.717) is 16.5 Å². The monoisotopic (exact) mass is 374 g/mol. The minimum Gasteiger partial charge on any atom is -0.467 e. The maximum Gasteiger partial charge on any atom is 0.373 e. The summed E-state index contributed by atoms with van der Waals surface area (Å²) in [5.74, 6) is 0.902. The Morgan fingerprint density at radius 3 is 2.65 bits per heavy atom. The second kappa shape index (κ2) is 7.40. The van der Waals surface area contributed by atoms with Gasteiger partial charge in [0.1, 0.15) is 17.8 Å². The van der Waals surface area contributed by atoms with Gasteiger partial charge in [0.2, 0.25) is 5.82 Å². The molecule has 8 nitrogen and oxygen atoms in total. The topological polar surface area (TPSA) is 103 Å². The molecule has 3 rings (SSSR count). The molecule has 1 aromatic carbocycles. The maximum atomic E-state index is 11.5. The van der Waals surface area contributed by atoms with E-state index >= 15 is 0 Å². The number of anilines is 1. The molecule has 0 fully saturated rings. The average Bonchev–Trinajstić information content (AvgIpc) is 3.11. The minimum atomic E-state index is -0.588. The number of nitrogens with one attached hydrogen (secondary N) is 1. The Bertz CT molecular complexity index is 921. The lowest BCUT2D eigenvalue weighted by Crippen LogP contribution is -2.06. The van der Waals surface area contributed by atoms with Crippen molar-refractivity contribution in [3.63, 3.8) is 0 Å². The number of benzene rings is 1. The average molecular weight is 375 g/mol. The van der Waals surface area contributed by atoms with Crippen LogP contribution in [0.5, 0.6) is 11.6 Å². The smallest absolute Gasteiger partial charge is 0.373 e. The Morgan fingerprint density at radius 2 is 2.04 bits per heavy atom. The molecule has 0 unspecified atom stereocenters. The number of hydrogen-bond donors (Lipinski definition) is 1. The van der Waals surface area contributed by atoms with Crippen molar-refractivity contribution < 1.29 is 14.1 Å². The van der Waals surface area contributed by atoms with Gasteiger partial charge in [-0.05, 0) is 49.2 Å². The van der Waals surface area contributed by atoms with Crippen LogP contribution in [0.2, 0.25) is 5.02 Å². The highest BCUT2D eigenvalue weighted by Gasteiger charge is 2.25. The van der Waals surface area contributed by atoms with E-state index in [2.05, 4.69) is 15.3 Å². The first-order chi connectivity index (χ1) is 12.5. The molecule has 0 amide bonds. The number of aryl methyl sites for hydroxylation is 2. The minimum absolute atomic E-state index is 0.0406. The molecule has 3 aromatic rings. The van der Waals surface area contributed by atoms with Crippen LogP contribution in [-0.2, 0) is 6.54 Å². The van der Waals surface area contributed by atoms with Gasteiger partial charge in [-0.1, -0.05) is 11.6 Å². The predicted octanol–water partition coefficient (Wildman–Crippen LogP) is 4.65. The van der Waals surface area contributed by atoms with Crippen LogP contribution >= 0.6 is 11.6 Å². The first-order valence-electron chi connectivity index (χ1n) is 7.66. The van der Waals surface area contributed by atoms with Crippen LogP contribution in [-0.4, -0.2) is 14.9 Å². The molecule has 0 aliphatic rings. The van der Waals surface area contributed by atoms with Gasteiger partial charge in [-0.3, -0.25) is 10.1 Å². The molecule has 0 aliphatic carbocycles. The van der Waals surface area contributed by atoms with Gasteiger partial charge in [0.25, 0.3) is 0 Å². The zero-order chi connectivity index (χ0) is 18.7. The van der Waals surface area contributed by atoms with Crippen LogP contribution in [0.4, 0.5) is 11.5 Å². The third kappa shape index (κ3) is 3.75. The molecule has 0 aliphatic heterocycles. The number of furan rings is 1. The number of hydrogen-bond acceptors (Lipinski definition) is 7. The molecule has 9 heteroatoms. The molecular formula is C17H15ClN4O4. The van der Waals surface area contributed by atoms with Gasteiger partial charge in [0, 0.05) is 5.02 Å². The van der Waals surface area contributed by atoms with E-state index < -0.39 is 4.92 Å². The summed E-state index contributed by atoms with van der Waals surface area (Å²) >= 11 is 6.14. The van der Waals surface area contributed by atoms with Crippen LogP contribution in [0.25, 0.3) is 0 Å². The van der Waals surface area contributed by atoms with E-state index in [-0.39, 0.29) is 23.9 Å². The van der Waals surface area contributed by atoms with Crippen LogP contribution in [0, 0.1) is 24.0 Å². The molecule has 0 spiro atoms. The largest absolute Gasteiger partial charge is 0.467 e. The Hall–Kier alpha value is -3.13. The van der Waals surface area contributed by atoms with Crippen LogP contribution < -0.4 is 10.1 Å². The van der Waals surface area contributed by atoms with Crippen molar-refractivity contribution in [1.29, 1.82) is 0 Å². The van der Waals surface area contributed by atoms with Crippen molar-refractivity contribution in [2.24, 2.45) is 0 Å². The Balaban J connectivity index is 1.91. The molecule has 0 atom stereocenters. The van der Waals surface area contributed by atoms with E-state index in [1.807, 2.05) is 13.8 Å². The van der Waals surface area contributed by atoms with E-state index in [1.54, 1.807) is 24.3 Å². The number of halogens is 1. The van der Waals surface area contributed by atoms with Crippen molar-refractivity contribution in [1.82, 2.24) is 9.97 Å². The zero-order valence-corrected chi connectivity index (χ0v) is 14.8. The Kier molecular flexibility index (Phi) is 5.04. The Labute approximate surface area is 153 Å². The fourth-order valence-corrected chi connectivity index (χ4v) is 2.50. The van der Waals surface area contributed by atoms with Crippen molar-refractivity contribution in [3.8, 4) is 11.6 Å². The first-order valence-corrected chi connectivity index (χ1v) is 8.03. The van der Waals surface area contributed by atoms with Gasteiger partial charge in [-0.2, -0.15) is 4.98 Å². The van der Waals surface area contributed by atoms with Crippen molar-refractivity contribution in [2.45, 2.75) is 20.4 Å². The van der Waals surface area contributed by atoms with E-state index in [9.17, 15) is 10.1 Å². The highest BCUT2D eigenvalue weighted by molar-refractivity contribution is 6.32. The summed E-state index contributed by atoms with van der Waals surface area (Å²) in [6, 6.07) is 6.86. The number of aromatic nitrogens is 2. The van der Waals surface area contributed by atoms with E-state index in [1.165, 1.54) is 12.6 Å². The van der Waals surface area contributed by atoms with E-state index in [4.69, 9.17) is 20.8 Å². The summed E-state index contributed by atoms with van der Waals surface area (Å²) in [5, 5.41) is 15.0. The summed E-state index contributed by atoms with van der Waals surface area (Å²) in [6.07, 6.45) is 2.72. The summed E-state index contributed by atoms with van der Waals surface area (Å²) in [6.45, 7) is 3.89. The third-order valence-electron chi connectivity index (χ3n) is 3.61. The molecule has 0 bridgehead atoms. The van der Waals surface area contributed by atoms with E-state index in [0.717, 1.165) is 11.1 Å². The quantitative estimate of drug-likeness (QED) is 0.494. The molecular weight excluding hydrogens is 360 g/mol. The highest BCUT2D eigenvalue weighted by atomic mass is 35.5. The molecule has 1 N–H and O–H groups in total. The second-order valence-corrected chi connectivity index (χ2v) is 5.92. The molecule has 0 saturated carbocycles. The third-order valence-corrected chi connectivity index (χ3v) is 4.20. The van der Waals surface area contributed by atoms with Crippen molar-refractivity contribution in [3.05, 3.63) is 68.9 Å². The lowest BCUT2D eigenvalue weighted by atomic mass is 10.1. The number of nitrogens with zero attached hydrogens (tertiary/aromatic N) is 3. The van der Waals surface area contributed by atoms with Gasteiger partial charge in [0.05, 0.1) is 17.7 Å². The van der Waals surface area contributed by atoms with Gasteiger partial charge in [0.15, 0.2) is 0 Å². The lowest BCUT2D eigenvalue weighted by molar-refractivity contribution is -0.385. The van der Waals surface area contributed by atoms with Gasteiger partial charge >= 0.3 is 11.6 Å². The molecule has 2 heterocycles. The molecule has 26 heavy (non-hydrogen) atoms. The number of rotatable bonds is 6. The van der Waals surface area contributed by atoms with Gasteiger partial charge in [-0.25, -0.2) is 4.98 Å². The molecule has 0 radical (unpaired) electrons. The summed E-state index contributed by atoms with van der Waals surface area (Å²) < 4.78 is 10.8. The van der Waals surface area contributed by atoms with Crippen molar-refractivity contribution in [2.75, 3.05) is 5.32 Å². The van der Waals surface area contributed by atoms with Crippen LogP contribution in [0.3, 0.4) is 0 Å². The molecule has 0 saturated heterocycles. The second-order valence-electron chi connectivity index (χ2n) is 5.54. The fourth-order valence-electron chi connectivity index (χ4n) is 2.39. The van der Waals surface area contributed by atoms with Crippen LogP contribution in [0.15, 0.2) is 41.3 Å². The number of ether oxygens (including phenoxy) is 1. The van der Waals surface area contributed by atoms with Gasteiger partial charge in [-0.15, -0.1) is 0 Å². The Morgan fingerprint density at radius 1 is 1.31 bits per heavy atom. The maximum absolute atomic E-state index is 11.5. The van der Waals surface area contributed by atoms with Gasteiger partial charge < -0.3 is 14.5 Å². The highest BCUT2D eigenvalue weighted by Crippen LogP contribution is 2.35. The molecule has 2 aromatic heterocycles. The number of nitro groups is 1. The fraction of sp³-hybridized carbons (Fsp3) is 0.176. The van der Waals surface area contributed by atoms with Crippen molar-refractivity contribution >= 4 is 23.1 Å². The summed E-state index contributed by atoms with van der Waals surface area (Å²) in [7, 11) is 0. The lowest BCUT2D eigenvalue weighted by Gasteiger charge is -2.10. The summed E-state index contributed by atoms with van der Waals surface area (Å²) in [5.41, 5.74) is 1.24. The SMILES string of the molecule is Cc1cc(Oc2ncnc(NCc3ccco3)c2[N+](=O)[O-])cc(C)c1Cl. The van der Waals surface area contributed by atoms with Crippen LogP contribution in [0.1, 0.15) is 16.9 Å². The predicted molar refractivity (Wildman–Crippen MR) is 95.7 cm³/mol. The zero-order valence-electron chi connectivity index (χ0n) is 14.0. The standard InChI is InChI=1S/C17H15ClN4O4/c1-10-6-13(7-11(2)14(10)18)26-17-15(22(23)24)16(20-9-21-17)19-8-12-4-3-5-25-12/h3-7,9H,8H2,1-2H3,(H,19,20,21). The first kappa shape index (κ1) is 17.7. The summed E-state index contributed by atoms with van der Waals surface area (Å²) in [4.78, 5) is 18.8.